The van der Waals surface area contributed by atoms with Crippen molar-refractivity contribution in [3.05, 3.63) is 65.2 Å². The number of carbonyl (C=O) groups is 2. The maximum absolute atomic E-state index is 12.3. The number of amides is 2. The van der Waals surface area contributed by atoms with Gasteiger partial charge in [0.25, 0.3) is 11.8 Å². The number of hydrogen-bond acceptors (Lipinski definition) is 2. The maximum Gasteiger partial charge on any atom is 0.255 e. The third kappa shape index (κ3) is 4.69. The zero-order valence-electron chi connectivity index (χ0n) is 14.5. The fraction of sp³-hybridized carbons (Fsp3) is 0.333. The molecule has 1 fully saturated rings. The molecular formula is C21H24N2O2. The molecule has 0 heterocycles. The molecule has 0 aromatic heterocycles. The molecule has 130 valence electrons. The van der Waals surface area contributed by atoms with Crippen LogP contribution in [0.2, 0.25) is 0 Å². The Hall–Kier alpha value is -2.62. The summed E-state index contributed by atoms with van der Waals surface area (Å²) in [7, 11) is 0. The topological polar surface area (TPSA) is 58.2 Å². The second-order valence-corrected chi connectivity index (χ2v) is 6.71. The van der Waals surface area contributed by atoms with Crippen LogP contribution in [0.5, 0.6) is 0 Å². The summed E-state index contributed by atoms with van der Waals surface area (Å²) in [4.78, 5) is 24.6. The smallest absolute Gasteiger partial charge is 0.255 e. The van der Waals surface area contributed by atoms with E-state index < -0.39 is 0 Å². The number of anilines is 1. The lowest BCUT2D eigenvalue weighted by Crippen LogP contribution is -2.36. The molecule has 0 bridgehead atoms. The molecule has 2 N–H and O–H groups in total. The molecule has 0 atom stereocenters. The van der Waals surface area contributed by atoms with Crippen molar-refractivity contribution in [3.8, 4) is 0 Å². The maximum atomic E-state index is 12.3. The van der Waals surface area contributed by atoms with Gasteiger partial charge in [-0.25, -0.2) is 0 Å². The van der Waals surface area contributed by atoms with Gasteiger partial charge in [0.2, 0.25) is 0 Å². The second-order valence-electron chi connectivity index (χ2n) is 6.71. The van der Waals surface area contributed by atoms with E-state index >= 15 is 0 Å². The second kappa shape index (κ2) is 7.97. The molecule has 0 aliphatic heterocycles. The lowest BCUT2D eigenvalue weighted by molar-refractivity contribution is 0.0926. The molecule has 0 saturated heterocycles. The van der Waals surface area contributed by atoms with E-state index in [0.717, 1.165) is 24.1 Å². The first-order chi connectivity index (χ1) is 12.1. The third-order valence-electron chi connectivity index (χ3n) is 4.66. The van der Waals surface area contributed by atoms with Crippen LogP contribution in [0.1, 0.15) is 58.4 Å². The van der Waals surface area contributed by atoms with Crippen LogP contribution in [0.25, 0.3) is 0 Å². The highest BCUT2D eigenvalue weighted by molar-refractivity contribution is 6.05. The Bertz CT molecular complexity index is 729. The average molecular weight is 336 g/mol. The molecule has 4 heteroatoms. The molecule has 4 nitrogen and oxygen atoms in total. The predicted molar refractivity (Wildman–Crippen MR) is 99.9 cm³/mol. The fourth-order valence-corrected chi connectivity index (χ4v) is 3.13. The van der Waals surface area contributed by atoms with E-state index in [2.05, 4.69) is 10.6 Å². The van der Waals surface area contributed by atoms with Crippen molar-refractivity contribution >= 4 is 17.5 Å². The van der Waals surface area contributed by atoms with Crippen molar-refractivity contribution in [1.29, 1.82) is 0 Å². The van der Waals surface area contributed by atoms with Gasteiger partial charge >= 0.3 is 0 Å². The Labute approximate surface area is 148 Å². The molecule has 1 aliphatic rings. The molecule has 2 amide bonds. The van der Waals surface area contributed by atoms with Gasteiger partial charge in [-0.2, -0.15) is 0 Å². The number of hydrogen-bond donors (Lipinski definition) is 2. The summed E-state index contributed by atoms with van der Waals surface area (Å²) in [5.74, 6) is -0.236. The zero-order chi connectivity index (χ0) is 17.6. The Morgan fingerprint density at radius 2 is 1.36 bits per heavy atom. The minimum Gasteiger partial charge on any atom is -0.349 e. The van der Waals surface area contributed by atoms with E-state index in [4.69, 9.17) is 0 Å². The van der Waals surface area contributed by atoms with Gasteiger partial charge in [0.1, 0.15) is 0 Å². The van der Waals surface area contributed by atoms with E-state index in [9.17, 15) is 9.59 Å². The van der Waals surface area contributed by atoms with Crippen LogP contribution in [-0.2, 0) is 0 Å². The van der Waals surface area contributed by atoms with Crippen LogP contribution in [0, 0.1) is 6.92 Å². The molecule has 3 rings (SSSR count). The Kier molecular flexibility index (Phi) is 5.49. The van der Waals surface area contributed by atoms with Gasteiger partial charge < -0.3 is 10.6 Å². The SMILES string of the molecule is Cc1ccc(NC(=O)c2ccc(C(=O)NC3CCCCC3)cc2)cc1. The van der Waals surface area contributed by atoms with Gasteiger partial charge in [-0.3, -0.25) is 9.59 Å². The highest BCUT2D eigenvalue weighted by Crippen LogP contribution is 2.18. The summed E-state index contributed by atoms with van der Waals surface area (Å²) in [6, 6.07) is 14.7. The summed E-state index contributed by atoms with van der Waals surface area (Å²) < 4.78 is 0. The van der Waals surface area contributed by atoms with Gasteiger partial charge in [0.15, 0.2) is 0 Å². The highest BCUT2D eigenvalue weighted by atomic mass is 16.2. The number of aryl methyl sites for hydroxylation is 1. The van der Waals surface area contributed by atoms with E-state index in [0.29, 0.717) is 11.1 Å². The summed E-state index contributed by atoms with van der Waals surface area (Å²) in [6.45, 7) is 2.00. The average Bonchev–Trinajstić information content (AvgIpc) is 2.64. The molecule has 1 saturated carbocycles. The van der Waals surface area contributed by atoms with Crippen molar-refractivity contribution in [2.45, 2.75) is 45.1 Å². The van der Waals surface area contributed by atoms with Crippen molar-refractivity contribution in [2.75, 3.05) is 5.32 Å². The summed E-state index contributed by atoms with van der Waals surface area (Å²) >= 11 is 0. The van der Waals surface area contributed by atoms with Crippen LogP contribution in [-0.4, -0.2) is 17.9 Å². The first-order valence-corrected chi connectivity index (χ1v) is 8.91. The third-order valence-corrected chi connectivity index (χ3v) is 4.66. The van der Waals surface area contributed by atoms with E-state index in [1.165, 1.54) is 19.3 Å². The summed E-state index contributed by atoms with van der Waals surface area (Å²) in [5, 5.41) is 5.95. The van der Waals surface area contributed by atoms with Crippen LogP contribution in [0.4, 0.5) is 5.69 Å². The minimum absolute atomic E-state index is 0.0580. The molecule has 1 aliphatic carbocycles. The van der Waals surface area contributed by atoms with Gasteiger partial charge in [0.05, 0.1) is 0 Å². The summed E-state index contributed by atoms with van der Waals surface area (Å²) in [6.07, 6.45) is 5.74. The molecule has 0 radical (unpaired) electrons. The molecule has 0 unspecified atom stereocenters. The van der Waals surface area contributed by atoms with Crippen LogP contribution < -0.4 is 10.6 Å². The number of nitrogens with one attached hydrogen (secondary N) is 2. The van der Waals surface area contributed by atoms with Crippen molar-refractivity contribution < 1.29 is 9.59 Å². The molecule has 2 aromatic carbocycles. The van der Waals surface area contributed by atoms with Gasteiger partial charge in [0, 0.05) is 22.9 Å². The molecule has 25 heavy (non-hydrogen) atoms. The van der Waals surface area contributed by atoms with Crippen LogP contribution in [0.3, 0.4) is 0 Å². The van der Waals surface area contributed by atoms with Crippen molar-refractivity contribution in [2.24, 2.45) is 0 Å². The standard InChI is InChI=1S/C21H24N2O2/c1-15-7-13-19(14-8-15)23-21(25)17-11-9-16(10-12-17)20(24)22-18-5-3-2-4-6-18/h7-14,18H,2-6H2,1H3,(H,22,24)(H,23,25). The first-order valence-electron chi connectivity index (χ1n) is 8.91. The van der Waals surface area contributed by atoms with Crippen LogP contribution >= 0.6 is 0 Å². The first kappa shape index (κ1) is 17.2. The number of benzene rings is 2. The van der Waals surface area contributed by atoms with E-state index in [1.54, 1.807) is 24.3 Å². The normalized spacial score (nSPS) is 14.8. The Morgan fingerprint density at radius 1 is 0.800 bits per heavy atom. The monoisotopic (exact) mass is 336 g/mol. The Balaban J connectivity index is 1.59. The predicted octanol–water partition coefficient (Wildman–Crippen LogP) is 4.31. The quantitative estimate of drug-likeness (QED) is 0.874. The number of carbonyl (C=O) groups excluding carboxylic acids is 2. The van der Waals surface area contributed by atoms with Gasteiger partial charge in [-0.1, -0.05) is 37.0 Å². The number of rotatable bonds is 4. The molecule has 2 aromatic rings. The minimum atomic E-state index is -0.178. The van der Waals surface area contributed by atoms with Crippen LogP contribution in [0.15, 0.2) is 48.5 Å². The highest BCUT2D eigenvalue weighted by Gasteiger charge is 2.17. The Morgan fingerprint density at radius 3 is 1.96 bits per heavy atom. The molecule has 0 spiro atoms. The summed E-state index contributed by atoms with van der Waals surface area (Å²) in [5.41, 5.74) is 3.04. The van der Waals surface area contributed by atoms with Crippen molar-refractivity contribution in [1.82, 2.24) is 5.32 Å². The van der Waals surface area contributed by atoms with Gasteiger partial charge in [-0.05, 0) is 56.2 Å². The van der Waals surface area contributed by atoms with E-state index in [-0.39, 0.29) is 17.9 Å². The van der Waals surface area contributed by atoms with Crippen molar-refractivity contribution in [3.63, 3.8) is 0 Å². The molecular weight excluding hydrogens is 312 g/mol. The zero-order valence-corrected chi connectivity index (χ0v) is 14.5. The van der Waals surface area contributed by atoms with E-state index in [1.807, 2.05) is 31.2 Å². The van der Waals surface area contributed by atoms with Gasteiger partial charge in [-0.15, -0.1) is 0 Å². The fourth-order valence-electron chi connectivity index (χ4n) is 3.13. The largest absolute Gasteiger partial charge is 0.349 e. The lowest BCUT2D eigenvalue weighted by atomic mass is 9.95. The lowest BCUT2D eigenvalue weighted by Gasteiger charge is -2.22.